The Kier molecular flexibility index (Phi) is 4.99. The van der Waals surface area contributed by atoms with Crippen molar-refractivity contribution in [1.82, 2.24) is 0 Å². The number of hydrogen-bond donors (Lipinski definition) is 2. The molecule has 2 aromatic carbocycles. The van der Waals surface area contributed by atoms with Crippen LogP contribution < -0.4 is 10.6 Å². The molecule has 21 heavy (non-hydrogen) atoms. The van der Waals surface area contributed by atoms with Crippen LogP contribution in [0.15, 0.2) is 54.6 Å². The molecular weight excluding hydrogens is 260 g/mol. The Labute approximate surface area is 126 Å². The van der Waals surface area contributed by atoms with Crippen molar-refractivity contribution >= 4 is 17.3 Å². The molecule has 0 bridgehead atoms. The molecule has 0 saturated heterocycles. The van der Waals surface area contributed by atoms with Crippen LogP contribution in [-0.2, 0) is 4.79 Å². The number of anilines is 2. The Bertz CT molecular complexity index is 576. The largest absolute Gasteiger partial charge is 0.378 e. The molecule has 1 unspecified atom stereocenters. The molecule has 0 radical (unpaired) electrons. The molecule has 0 aliphatic carbocycles. The topological polar surface area (TPSA) is 41.1 Å². The second kappa shape index (κ2) is 6.93. The Morgan fingerprint density at radius 2 is 1.48 bits per heavy atom. The first-order valence-electron chi connectivity index (χ1n) is 7.25. The van der Waals surface area contributed by atoms with Crippen molar-refractivity contribution in [2.75, 3.05) is 10.6 Å². The van der Waals surface area contributed by atoms with Crippen molar-refractivity contribution in [2.45, 2.75) is 26.8 Å². The average molecular weight is 282 g/mol. The van der Waals surface area contributed by atoms with Gasteiger partial charge in [0.1, 0.15) is 0 Å². The quantitative estimate of drug-likeness (QED) is 0.850. The summed E-state index contributed by atoms with van der Waals surface area (Å²) in [6, 6.07) is 18.5. The Hall–Kier alpha value is -2.29. The molecule has 2 rings (SSSR count). The van der Waals surface area contributed by atoms with Gasteiger partial charge in [0.15, 0.2) is 0 Å². The molecular formula is C18H22N2O. The van der Waals surface area contributed by atoms with Crippen LogP contribution in [0.1, 0.15) is 32.4 Å². The van der Waals surface area contributed by atoms with Gasteiger partial charge in [-0.15, -0.1) is 0 Å². The van der Waals surface area contributed by atoms with Gasteiger partial charge in [-0.1, -0.05) is 44.2 Å². The van der Waals surface area contributed by atoms with Gasteiger partial charge in [-0.25, -0.2) is 0 Å². The lowest BCUT2D eigenvalue weighted by Crippen LogP contribution is -2.16. The van der Waals surface area contributed by atoms with Crippen LogP contribution in [0, 0.1) is 5.92 Å². The van der Waals surface area contributed by atoms with Crippen LogP contribution in [0.5, 0.6) is 0 Å². The Balaban J connectivity index is 2.12. The SMILES string of the molecule is CC(=O)Nc1ccc(NC(c2ccccc2)C(C)C)cc1. The lowest BCUT2D eigenvalue weighted by molar-refractivity contribution is -0.114. The Morgan fingerprint density at radius 1 is 0.905 bits per heavy atom. The zero-order valence-electron chi connectivity index (χ0n) is 12.8. The van der Waals surface area contributed by atoms with Gasteiger partial charge in [0, 0.05) is 18.3 Å². The second-order valence-electron chi connectivity index (χ2n) is 5.54. The van der Waals surface area contributed by atoms with Crippen LogP contribution in [-0.4, -0.2) is 5.91 Å². The fourth-order valence-electron chi connectivity index (χ4n) is 2.33. The molecule has 0 aliphatic rings. The minimum absolute atomic E-state index is 0.0555. The predicted octanol–water partition coefficient (Wildman–Crippen LogP) is 4.45. The summed E-state index contributed by atoms with van der Waals surface area (Å²) in [5.74, 6) is 0.419. The molecule has 1 atom stereocenters. The zero-order chi connectivity index (χ0) is 15.2. The fraction of sp³-hybridized carbons (Fsp3) is 0.278. The summed E-state index contributed by atoms with van der Waals surface area (Å²) in [5, 5.41) is 6.34. The van der Waals surface area contributed by atoms with Crippen molar-refractivity contribution in [3.05, 3.63) is 60.2 Å². The summed E-state index contributed by atoms with van der Waals surface area (Å²) in [6.45, 7) is 5.92. The van der Waals surface area contributed by atoms with Crippen LogP contribution >= 0.6 is 0 Å². The van der Waals surface area contributed by atoms with E-state index in [9.17, 15) is 4.79 Å². The first kappa shape index (κ1) is 15.1. The summed E-state index contributed by atoms with van der Waals surface area (Å²) < 4.78 is 0. The molecule has 0 heterocycles. The monoisotopic (exact) mass is 282 g/mol. The number of carbonyl (C=O) groups excluding carboxylic acids is 1. The maximum absolute atomic E-state index is 11.0. The summed E-state index contributed by atoms with van der Waals surface area (Å²) >= 11 is 0. The van der Waals surface area contributed by atoms with Crippen molar-refractivity contribution in [3.8, 4) is 0 Å². The van der Waals surface area contributed by atoms with E-state index in [0.717, 1.165) is 11.4 Å². The van der Waals surface area contributed by atoms with Crippen molar-refractivity contribution in [3.63, 3.8) is 0 Å². The van der Waals surface area contributed by atoms with E-state index in [4.69, 9.17) is 0 Å². The van der Waals surface area contributed by atoms with E-state index in [0.29, 0.717) is 5.92 Å². The van der Waals surface area contributed by atoms with Gasteiger partial charge in [-0.3, -0.25) is 4.79 Å². The molecule has 1 amide bonds. The van der Waals surface area contributed by atoms with Gasteiger partial charge < -0.3 is 10.6 Å². The maximum atomic E-state index is 11.0. The number of nitrogens with one attached hydrogen (secondary N) is 2. The third-order valence-corrected chi connectivity index (χ3v) is 3.35. The van der Waals surface area contributed by atoms with Crippen LogP contribution in [0.3, 0.4) is 0 Å². The van der Waals surface area contributed by atoms with E-state index >= 15 is 0 Å². The molecule has 2 aromatic rings. The van der Waals surface area contributed by atoms with Crippen LogP contribution in [0.2, 0.25) is 0 Å². The highest BCUT2D eigenvalue weighted by Gasteiger charge is 2.15. The third kappa shape index (κ3) is 4.35. The molecule has 110 valence electrons. The van der Waals surface area contributed by atoms with Gasteiger partial charge in [0.25, 0.3) is 0 Å². The normalized spacial score (nSPS) is 12.0. The minimum atomic E-state index is -0.0555. The van der Waals surface area contributed by atoms with Crippen LogP contribution in [0.4, 0.5) is 11.4 Å². The maximum Gasteiger partial charge on any atom is 0.221 e. The van der Waals surface area contributed by atoms with E-state index in [1.165, 1.54) is 12.5 Å². The minimum Gasteiger partial charge on any atom is -0.378 e. The van der Waals surface area contributed by atoms with E-state index in [-0.39, 0.29) is 11.9 Å². The number of hydrogen-bond acceptors (Lipinski definition) is 2. The number of benzene rings is 2. The van der Waals surface area contributed by atoms with Crippen molar-refractivity contribution < 1.29 is 4.79 Å². The summed E-state index contributed by atoms with van der Waals surface area (Å²) in [6.07, 6.45) is 0. The number of rotatable bonds is 5. The lowest BCUT2D eigenvalue weighted by atomic mass is 9.96. The first-order chi connectivity index (χ1) is 10.1. The average Bonchev–Trinajstić information content (AvgIpc) is 2.46. The van der Waals surface area contributed by atoms with Crippen LogP contribution in [0.25, 0.3) is 0 Å². The molecule has 0 aromatic heterocycles. The molecule has 2 N–H and O–H groups in total. The summed E-state index contributed by atoms with van der Waals surface area (Å²) in [5.41, 5.74) is 3.14. The van der Waals surface area contributed by atoms with E-state index < -0.39 is 0 Å². The van der Waals surface area contributed by atoms with Gasteiger partial charge in [-0.2, -0.15) is 0 Å². The standard InChI is InChI=1S/C18H22N2O/c1-13(2)18(15-7-5-4-6-8-15)20-17-11-9-16(10-12-17)19-14(3)21/h4-13,18,20H,1-3H3,(H,19,21). The molecule has 0 spiro atoms. The zero-order valence-corrected chi connectivity index (χ0v) is 12.8. The van der Waals surface area contributed by atoms with Gasteiger partial charge in [0.05, 0.1) is 6.04 Å². The molecule has 0 fully saturated rings. The summed E-state index contributed by atoms with van der Waals surface area (Å²) in [7, 11) is 0. The lowest BCUT2D eigenvalue weighted by Gasteiger charge is -2.24. The number of carbonyl (C=O) groups is 1. The van der Waals surface area contributed by atoms with Gasteiger partial charge in [0.2, 0.25) is 5.91 Å². The predicted molar refractivity (Wildman–Crippen MR) is 88.4 cm³/mol. The Morgan fingerprint density at radius 3 is 2.00 bits per heavy atom. The third-order valence-electron chi connectivity index (χ3n) is 3.35. The second-order valence-corrected chi connectivity index (χ2v) is 5.54. The van der Waals surface area contributed by atoms with Gasteiger partial charge >= 0.3 is 0 Å². The first-order valence-corrected chi connectivity index (χ1v) is 7.25. The summed E-state index contributed by atoms with van der Waals surface area (Å²) in [4.78, 5) is 11.0. The van der Waals surface area contributed by atoms with E-state index in [1.54, 1.807) is 0 Å². The van der Waals surface area contributed by atoms with Crippen molar-refractivity contribution in [1.29, 1.82) is 0 Å². The fourth-order valence-corrected chi connectivity index (χ4v) is 2.33. The smallest absolute Gasteiger partial charge is 0.221 e. The molecule has 3 nitrogen and oxygen atoms in total. The molecule has 0 saturated carbocycles. The molecule has 3 heteroatoms. The van der Waals surface area contributed by atoms with E-state index in [1.807, 2.05) is 30.3 Å². The highest BCUT2D eigenvalue weighted by molar-refractivity contribution is 5.88. The molecule has 0 aliphatic heterocycles. The van der Waals surface area contributed by atoms with Gasteiger partial charge in [-0.05, 0) is 35.7 Å². The van der Waals surface area contributed by atoms with E-state index in [2.05, 4.69) is 48.7 Å². The highest BCUT2D eigenvalue weighted by atomic mass is 16.1. The number of amides is 1. The van der Waals surface area contributed by atoms with Crippen molar-refractivity contribution in [2.24, 2.45) is 5.92 Å². The highest BCUT2D eigenvalue weighted by Crippen LogP contribution is 2.27.